The Hall–Kier alpha value is -1.19. The van der Waals surface area contributed by atoms with Crippen molar-refractivity contribution in [2.75, 3.05) is 12.4 Å². The van der Waals surface area contributed by atoms with Gasteiger partial charge in [-0.2, -0.15) is 0 Å². The topological polar surface area (TPSA) is 21.3 Å². The number of thiophene rings is 1. The predicted molar refractivity (Wildman–Crippen MR) is 74.4 cm³/mol. The van der Waals surface area contributed by atoms with E-state index in [0.717, 1.165) is 15.8 Å². The first-order valence-corrected chi connectivity index (χ1v) is 6.54. The van der Waals surface area contributed by atoms with Gasteiger partial charge in [-0.05, 0) is 43.3 Å². The summed E-state index contributed by atoms with van der Waals surface area (Å²) in [5.41, 5.74) is 1.07. The molecular formula is C13H14ClNOS. The fraction of sp³-hybridized carbons (Fsp3) is 0.231. The zero-order valence-corrected chi connectivity index (χ0v) is 11.3. The summed E-state index contributed by atoms with van der Waals surface area (Å²) in [7, 11) is 1.67. The Morgan fingerprint density at radius 1 is 1.18 bits per heavy atom. The Morgan fingerprint density at radius 3 is 2.41 bits per heavy atom. The second-order valence-electron chi connectivity index (χ2n) is 3.74. The molecule has 90 valence electrons. The van der Waals surface area contributed by atoms with Gasteiger partial charge in [-0.15, -0.1) is 11.3 Å². The summed E-state index contributed by atoms with van der Waals surface area (Å²) in [5, 5.41) is 3.42. The number of hydrogen-bond acceptors (Lipinski definition) is 3. The maximum atomic E-state index is 5.92. The van der Waals surface area contributed by atoms with Gasteiger partial charge in [-0.1, -0.05) is 11.6 Å². The summed E-state index contributed by atoms with van der Waals surface area (Å²) in [6.45, 7) is 2.12. The minimum absolute atomic E-state index is 0.251. The highest BCUT2D eigenvalue weighted by molar-refractivity contribution is 7.16. The lowest BCUT2D eigenvalue weighted by atomic mass is 10.2. The lowest BCUT2D eigenvalue weighted by Crippen LogP contribution is -2.04. The average molecular weight is 268 g/mol. The van der Waals surface area contributed by atoms with E-state index in [1.54, 1.807) is 18.4 Å². The molecule has 1 unspecified atom stereocenters. The van der Waals surface area contributed by atoms with Crippen LogP contribution in [-0.4, -0.2) is 7.11 Å². The van der Waals surface area contributed by atoms with Gasteiger partial charge in [0.1, 0.15) is 5.75 Å². The second kappa shape index (κ2) is 5.43. The Bertz CT molecular complexity index is 480. The molecule has 2 rings (SSSR count). The minimum Gasteiger partial charge on any atom is -0.497 e. The molecule has 0 aliphatic heterocycles. The van der Waals surface area contributed by atoms with Crippen molar-refractivity contribution in [1.29, 1.82) is 0 Å². The van der Waals surface area contributed by atoms with E-state index in [-0.39, 0.29) is 6.04 Å². The summed E-state index contributed by atoms with van der Waals surface area (Å²) in [6, 6.07) is 12.1. The summed E-state index contributed by atoms with van der Waals surface area (Å²) in [4.78, 5) is 1.23. The number of methoxy groups -OCH3 is 1. The third kappa shape index (κ3) is 3.14. The fourth-order valence-corrected chi connectivity index (χ4v) is 2.63. The van der Waals surface area contributed by atoms with Crippen LogP contribution in [-0.2, 0) is 0 Å². The monoisotopic (exact) mass is 267 g/mol. The maximum Gasteiger partial charge on any atom is 0.119 e. The Labute approximate surface area is 110 Å². The molecule has 1 heterocycles. The quantitative estimate of drug-likeness (QED) is 0.875. The van der Waals surface area contributed by atoms with E-state index in [1.807, 2.05) is 36.4 Å². The standard InChI is InChI=1S/C13H14ClNOS/c1-9(12-7-8-13(14)17-12)15-10-3-5-11(16-2)6-4-10/h3-9,15H,1-2H3. The summed E-state index contributed by atoms with van der Waals surface area (Å²) < 4.78 is 5.94. The molecule has 0 bridgehead atoms. The van der Waals surface area contributed by atoms with Crippen molar-refractivity contribution >= 4 is 28.6 Å². The predicted octanol–water partition coefficient (Wildman–Crippen LogP) is 4.58. The molecule has 1 N–H and O–H groups in total. The van der Waals surface area contributed by atoms with Gasteiger partial charge in [0.15, 0.2) is 0 Å². The van der Waals surface area contributed by atoms with E-state index < -0.39 is 0 Å². The van der Waals surface area contributed by atoms with Gasteiger partial charge in [-0.25, -0.2) is 0 Å². The first kappa shape index (κ1) is 12.3. The molecule has 0 spiro atoms. The number of benzene rings is 1. The number of nitrogens with one attached hydrogen (secondary N) is 1. The normalized spacial score (nSPS) is 12.2. The lowest BCUT2D eigenvalue weighted by molar-refractivity contribution is 0.415. The third-order valence-corrected chi connectivity index (χ3v) is 3.91. The van der Waals surface area contributed by atoms with E-state index in [0.29, 0.717) is 0 Å². The van der Waals surface area contributed by atoms with Crippen LogP contribution < -0.4 is 10.1 Å². The molecule has 2 nitrogen and oxygen atoms in total. The highest BCUT2D eigenvalue weighted by Crippen LogP contribution is 2.29. The molecule has 0 aliphatic rings. The van der Waals surface area contributed by atoms with Crippen molar-refractivity contribution in [3.63, 3.8) is 0 Å². The largest absolute Gasteiger partial charge is 0.497 e. The van der Waals surface area contributed by atoms with Crippen LogP contribution in [0.25, 0.3) is 0 Å². The molecule has 0 amide bonds. The van der Waals surface area contributed by atoms with Crippen molar-refractivity contribution < 1.29 is 4.74 Å². The molecule has 2 aromatic rings. The molecular weight excluding hydrogens is 254 g/mol. The van der Waals surface area contributed by atoms with Gasteiger partial charge in [0.25, 0.3) is 0 Å². The van der Waals surface area contributed by atoms with Crippen molar-refractivity contribution in [1.82, 2.24) is 0 Å². The smallest absolute Gasteiger partial charge is 0.119 e. The van der Waals surface area contributed by atoms with Gasteiger partial charge in [-0.3, -0.25) is 0 Å². The van der Waals surface area contributed by atoms with E-state index in [9.17, 15) is 0 Å². The third-order valence-electron chi connectivity index (χ3n) is 2.49. The summed E-state index contributed by atoms with van der Waals surface area (Å²) >= 11 is 7.52. The minimum atomic E-state index is 0.251. The van der Waals surface area contributed by atoms with Crippen molar-refractivity contribution in [2.24, 2.45) is 0 Å². The van der Waals surface area contributed by atoms with Crippen molar-refractivity contribution in [3.05, 3.63) is 45.6 Å². The first-order chi connectivity index (χ1) is 8.19. The fourth-order valence-electron chi connectivity index (χ4n) is 1.57. The number of rotatable bonds is 4. The highest BCUT2D eigenvalue weighted by Gasteiger charge is 2.07. The van der Waals surface area contributed by atoms with Crippen LogP contribution >= 0.6 is 22.9 Å². The van der Waals surface area contributed by atoms with Crippen LogP contribution in [0.2, 0.25) is 4.34 Å². The highest BCUT2D eigenvalue weighted by atomic mass is 35.5. The van der Waals surface area contributed by atoms with Crippen LogP contribution in [0.5, 0.6) is 5.75 Å². The van der Waals surface area contributed by atoms with Crippen LogP contribution in [0, 0.1) is 0 Å². The molecule has 0 saturated heterocycles. The van der Waals surface area contributed by atoms with Crippen LogP contribution in [0.3, 0.4) is 0 Å². The van der Waals surface area contributed by atoms with Gasteiger partial charge >= 0.3 is 0 Å². The van der Waals surface area contributed by atoms with E-state index in [1.165, 1.54) is 4.88 Å². The molecule has 4 heteroatoms. The van der Waals surface area contributed by atoms with Crippen LogP contribution in [0.1, 0.15) is 17.8 Å². The lowest BCUT2D eigenvalue weighted by Gasteiger charge is -2.13. The molecule has 0 aliphatic carbocycles. The van der Waals surface area contributed by atoms with Gasteiger partial charge in [0, 0.05) is 10.6 Å². The maximum absolute atomic E-state index is 5.92. The Kier molecular flexibility index (Phi) is 3.92. The van der Waals surface area contributed by atoms with Crippen LogP contribution in [0.15, 0.2) is 36.4 Å². The summed E-state index contributed by atoms with van der Waals surface area (Å²) in [6.07, 6.45) is 0. The van der Waals surface area contributed by atoms with Gasteiger partial charge < -0.3 is 10.1 Å². The molecule has 0 fully saturated rings. The molecule has 1 atom stereocenters. The van der Waals surface area contributed by atoms with Crippen LogP contribution in [0.4, 0.5) is 5.69 Å². The van der Waals surface area contributed by atoms with Crippen molar-refractivity contribution in [2.45, 2.75) is 13.0 Å². The molecule has 1 aromatic heterocycles. The van der Waals surface area contributed by atoms with Crippen molar-refractivity contribution in [3.8, 4) is 5.75 Å². The van der Waals surface area contributed by atoms with Gasteiger partial charge in [0.2, 0.25) is 0 Å². The average Bonchev–Trinajstić information content (AvgIpc) is 2.77. The number of anilines is 1. The van der Waals surface area contributed by atoms with E-state index in [2.05, 4.69) is 12.2 Å². The number of ether oxygens (including phenoxy) is 1. The number of halogens is 1. The zero-order chi connectivity index (χ0) is 12.3. The zero-order valence-electron chi connectivity index (χ0n) is 9.74. The van der Waals surface area contributed by atoms with E-state index >= 15 is 0 Å². The Balaban J connectivity index is 2.04. The molecule has 17 heavy (non-hydrogen) atoms. The van der Waals surface area contributed by atoms with E-state index in [4.69, 9.17) is 16.3 Å². The molecule has 0 saturated carbocycles. The van der Waals surface area contributed by atoms with Gasteiger partial charge in [0.05, 0.1) is 17.5 Å². The Morgan fingerprint density at radius 2 is 1.88 bits per heavy atom. The molecule has 1 aromatic carbocycles. The second-order valence-corrected chi connectivity index (χ2v) is 5.48. The number of hydrogen-bond donors (Lipinski definition) is 1. The summed E-state index contributed by atoms with van der Waals surface area (Å²) in [5.74, 6) is 0.863. The first-order valence-electron chi connectivity index (χ1n) is 5.35. The molecule has 0 radical (unpaired) electrons. The SMILES string of the molecule is COc1ccc(NC(C)c2ccc(Cl)s2)cc1.